The molecule has 0 saturated heterocycles. The minimum absolute atomic E-state index is 0.00114. The Kier molecular flexibility index (Phi) is 5.67. The van der Waals surface area contributed by atoms with Crippen LogP contribution in [0.3, 0.4) is 0 Å². The summed E-state index contributed by atoms with van der Waals surface area (Å²) >= 11 is 0. The van der Waals surface area contributed by atoms with Crippen LogP contribution in [-0.2, 0) is 22.6 Å². The Balaban J connectivity index is 1.86. The maximum atomic E-state index is 12.3. The second kappa shape index (κ2) is 7.33. The highest BCUT2D eigenvalue weighted by atomic mass is 16.5. The lowest BCUT2D eigenvalue weighted by atomic mass is 10.1. The van der Waals surface area contributed by atoms with Gasteiger partial charge in [0.05, 0.1) is 5.92 Å². The number of esters is 1. The lowest BCUT2D eigenvalue weighted by Crippen LogP contribution is -2.10. The van der Waals surface area contributed by atoms with Crippen LogP contribution in [0.25, 0.3) is 0 Å². The molecule has 0 heterocycles. The molecule has 1 aromatic rings. The zero-order valence-electron chi connectivity index (χ0n) is 15.2. The fraction of sp³-hybridized carbons (Fsp3) is 0.571. The number of carbonyl (C=O) groups excluding carboxylic acids is 1. The molecule has 0 aliphatic heterocycles. The highest BCUT2D eigenvalue weighted by Crippen LogP contribution is 2.59. The van der Waals surface area contributed by atoms with Crippen molar-refractivity contribution in [2.45, 2.75) is 60.5 Å². The number of unbranched alkanes of at least 4 members (excludes halogenated alkanes) is 1. The largest absolute Gasteiger partial charge is 0.461 e. The molecule has 0 bridgehead atoms. The van der Waals surface area contributed by atoms with E-state index in [0.717, 1.165) is 12.0 Å². The molecule has 1 fully saturated rings. The number of ether oxygens (including phenoxy) is 1. The topological polar surface area (TPSA) is 26.3 Å². The Bertz CT molecular complexity index is 562. The first kappa shape index (κ1) is 17.8. The molecule has 23 heavy (non-hydrogen) atoms. The van der Waals surface area contributed by atoms with Crippen molar-refractivity contribution in [3.05, 3.63) is 47.0 Å². The van der Waals surface area contributed by atoms with E-state index in [1.165, 1.54) is 24.0 Å². The predicted molar refractivity (Wildman–Crippen MR) is 95.0 cm³/mol. The molecule has 2 heteroatoms. The normalized spacial score (nSPS) is 21.6. The minimum atomic E-state index is -0.0624. The standard InChI is InChI=1S/C21H30O2/c1-6-7-8-16-9-11-17(12-10-16)14-23-20(22)19-18(13-15(2)3)21(19,4)5/h9-13,18-19H,6-8,14H2,1-5H3. The van der Waals surface area contributed by atoms with Gasteiger partial charge in [0.25, 0.3) is 0 Å². The van der Waals surface area contributed by atoms with Gasteiger partial charge < -0.3 is 4.74 Å². The van der Waals surface area contributed by atoms with Gasteiger partial charge in [0.15, 0.2) is 0 Å². The Morgan fingerprint density at radius 3 is 2.35 bits per heavy atom. The van der Waals surface area contributed by atoms with Gasteiger partial charge in [-0.25, -0.2) is 0 Å². The van der Waals surface area contributed by atoms with Crippen molar-refractivity contribution < 1.29 is 9.53 Å². The van der Waals surface area contributed by atoms with E-state index in [1.807, 2.05) is 0 Å². The van der Waals surface area contributed by atoms with Crippen molar-refractivity contribution in [3.8, 4) is 0 Å². The van der Waals surface area contributed by atoms with Gasteiger partial charge in [0.1, 0.15) is 6.61 Å². The van der Waals surface area contributed by atoms with Crippen LogP contribution >= 0.6 is 0 Å². The molecule has 2 nitrogen and oxygen atoms in total. The minimum Gasteiger partial charge on any atom is -0.461 e. The highest BCUT2D eigenvalue weighted by molar-refractivity contribution is 5.78. The Labute approximate surface area is 140 Å². The van der Waals surface area contributed by atoms with E-state index < -0.39 is 0 Å². The summed E-state index contributed by atoms with van der Waals surface area (Å²) in [5.41, 5.74) is 3.71. The molecule has 2 atom stereocenters. The van der Waals surface area contributed by atoms with Crippen LogP contribution < -0.4 is 0 Å². The molecule has 1 aromatic carbocycles. The third kappa shape index (κ3) is 4.46. The first-order valence-electron chi connectivity index (χ1n) is 8.75. The lowest BCUT2D eigenvalue weighted by Gasteiger charge is -2.07. The molecule has 0 aromatic heterocycles. The number of hydrogen-bond donors (Lipinski definition) is 0. The van der Waals surface area contributed by atoms with Crippen molar-refractivity contribution in [3.63, 3.8) is 0 Å². The lowest BCUT2D eigenvalue weighted by molar-refractivity contribution is -0.147. The van der Waals surface area contributed by atoms with Crippen LogP contribution in [0.5, 0.6) is 0 Å². The van der Waals surface area contributed by atoms with E-state index in [-0.39, 0.29) is 17.3 Å². The summed E-state index contributed by atoms with van der Waals surface area (Å²) in [5, 5.41) is 0. The molecule has 0 N–H and O–H groups in total. The number of rotatable bonds is 7. The molecule has 0 radical (unpaired) electrons. The molecule has 1 saturated carbocycles. The second-order valence-electron chi connectivity index (χ2n) is 7.60. The van der Waals surface area contributed by atoms with Crippen molar-refractivity contribution in [2.24, 2.45) is 17.3 Å². The van der Waals surface area contributed by atoms with Crippen LogP contribution in [0.1, 0.15) is 58.6 Å². The molecular formula is C21H30O2. The van der Waals surface area contributed by atoms with Crippen LogP contribution in [0.2, 0.25) is 0 Å². The van der Waals surface area contributed by atoms with E-state index in [1.54, 1.807) is 0 Å². The summed E-state index contributed by atoms with van der Waals surface area (Å²) < 4.78 is 5.55. The van der Waals surface area contributed by atoms with Gasteiger partial charge in [-0.15, -0.1) is 0 Å². The van der Waals surface area contributed by atoms with Gasteiger partial charge in [-0.3, -0.25) is 4.79 Å². The summed E-state index contributed by atoms with van der Waals surface area (Å²) in [6.45, 7) is 11.0. The highest BCUT2D eigenvalue weighted by Gasteiger charge is 2.61. The summed E-state index contributed by atoms with van der Waals surface area (Å²) in [6.07, 6.45) is 5.76. The molecule has 0 amide bonds. The smallest absolute Gasteiger partial charge is 0.310 e. The third-order valence-electron chi connectivity index (χ3n) is 4.90. The van der Waals surface area contributed by atoms with Crippen LogP contribution in [0.15, 0.2) is 35.9 Å². The quantitative estimate of drug-likeness (QED) is 0.503. The zero-order chi connectivity index (χ0) is 17.0. The maximum Gasteiger partial charge on any atom is 0.310 e. The molecule has 2 rings (SSSR count). The fourth-order valence-corrected chi connectivity index (χ4v) is 3.23. The monoisotopic (exact) mass is 314 g/mol. The summed E-state index contributed by atoms with van der Waals surface area (Å²) in [6, 6.07) is 8.44. The summed E-state index contributed by atoms with van der Waals surface area (Å²) in [4.78, 5) is 12.3. The van der Waals surface area contributed by atoms with E-state index in [4.69, 9.17) is 4.74 Å². The van der Waals surface area contributed by atoms with Crippen LogP contribution in [0.4, 0.5) is 0 Å². The van der Waals surface area contributed by atoms with Crippen LogP contribution in [0, 0.1) is 17.3 Å². The van der Waals surface area contributed by atoms with E-state index >= 15 is 0 Å². The van der Waals surface area contributed by atoms with Gasteiger partial charge in [-0.1, -0.05) is 63.1 Å². The number of allylic oxidation sites excluding steroid dienone is 2. The van der Waals surface area contributed by atoms with Gasteiger partial charge in [-0.2, -0.15) is 0 Å². The molecular weight excluding hydrogens is 284 g/mol. The molecule has 126 valence electrons. The Morgan fingerprint density at radius 1 is 1.17 bits per heavy atom. The zero-order valence-corrected chi connectivity index (χ0v) is 15.2. The number of aryl methyl sites for hydroxylation is 1. The van der Waals surface area contributed by atoms with E-state index in [9.17, 15) is 4.79 Å². The Hall–Kier alpha value is -1.57. The summed E-state index contributed by atoms with van der Waals surface area (Å²) in [5.74, 6) is 0.255. The van der Waals surface area contributed by atoms with E-state index in [0.29, 0.717) is 12.5 Å². The van der Waals surface area contributed by atoms with Gasteiger partial charge in [0.2, 0.25) is 0 Å². The van der Waals surface area contributed by atoms with Gasteiger partial charge >= 0.3 is 5.97 Å². The molecule has 2 unspecified atom stereocenters. The maximum absolute atomic E-state index is 12.3. The van der Waals surface area contributed by atoms with Gasteiger partial charge in [-0.05, 0) is 49.1 Å². The van der Waals surface area contributed by atoms with Crippen molar-refractivity contribution in [1.82, 2.24) is 0 Å². The second-order valence-corrected chi connectivity index (χ2v) is 7.60. The molecule has 1 aliphatic rings. The first-order valence-corrected chi connectivity index (χ1v) is 8.75. The van der Waals surface area contributed by atoms with Crippen LogP contribution in [-0.4, -0.2) is 5.97 Å². The van der Waals surface area contributed by atoms with Gasteiger partial charge in [0, 0.05) is 0 Å². The van der Waals surface area contributed by atoms with E-state index in [2.05, 4.69) is 65.0 Å². The van der Waals surface area contributed by atoms with Crippen molar-refractivity contribution >= 4 is 5.97 Å². The Morgan fingerprint density at radius 2 is 1.78 bits per heavy atom. The third-order valence-corrected chi connectivity index (χ3v) is 4.90. The number of carbonyl (C=O) groups is 1. The predicted octanol–water partition coefficient (Wildman–Crippen LogP) is 5.31. The molecule has 0 spiro atoms. The first-order chi connectivity index (χ1) is 10.9. The average Bonchev–Trinajstić information content (AvgIpc) is 3.03. The van der Waals surface area contributed by atoms with Crippen molar-refractivity contribution in [2.75, 3.05) is 0 Å². The molecule has 1 aliphatic carbocycles. The average molecular weight is 314 g/mol. The summed E-state index contributed by atoms with van der Waals surface area (Å²) in [7, 11) is 0. The number of hydrogen-bond acceptors (Lipinski definition) is 2. The number of benzene rings is 1. The fourth-order valence-electron chi connectivity index (χ4n) is 3.23. The van der Waals surface area contributed by atoms with Crippen molar-refractivity contribution in [1.29, 1.82) is 0 Å². The SMILES string of the molecule is CCCCc1ccc(COC(=O)C2C(C=C(C)C)C2(C)C)cc1.